The second-order valence-corrected chi connectivity index (χ2v) is 7.18. The molecule has 0 unspecified atom stereocenters. The molecule has 3 rings (SSSR count). The van der Waals surface area contributed by atoms with Gasteiger partial charge in [0, 0.05) is 6.54 Å². The fourth-order valence-corrected chi connectivity index (χ4v) is 4.10. The quantitative estimate of drug-likeness (QED) is 0.809. The highest BCUT2D eigenvalue weighted by Gasteiger charge is 2.51. The number of hydrogen-bond acceptors (Lipinski definition) is 5. The first-order valence-electron chi connectivity index (χ1n) is 7.84. The van der Waals surface area contributed by atoms with Crippen LogP contribution in [0.25, 0.3) is 0 Å². The van der Waals surface area contributed by atoms with Crippen LogP contribution in [0.3, 0.4) is 0 Å². The first-order chi connectivity index (χ1) is 10.9. The van der Waals surface area contributed by atoms with Crippen LogP contribution in [0.5, 0.6) is 0 Å². The van der Waals surface area contributed by atoms with E-state index in [2.05, 4.69) is 22.5 Å². The van der Waals surface area contributed by atoms with Gasteiger partial charge >= 0.3 is 6.03 Å². The highest BCUT2D eigenvalue weighted by atomic mass is 32.1. The third-order valence-corrected chi connectivity index (χ3v) is 5.56. The molecule has 1 atom stereocenters. The zero-order chi connectivity index (χ0) is 16.6. The van der Waals surface area contributed by atoms with Crippen molar-refractivity contribution in [3.63, 3.8) is 0 Å². The smallest absolute Gasteiger partial charge is 0.322 e. The lowest BCUT2D eigenvalue weighted by Gasteiger charge is -2.20. The summed E-state index contributed by atoms with van der Waals surface area (Å²) in [6.07, 6.45) is 3.47. The van der Waals surface area contributed by atoms with Gasteiger partial charge in [-0.25, -0.2) is 9.78 Å². The van der Waals surface area contributed by atoms with Crippen molar-refractivity contribution in [2.45, 2.75) is 45.1 Å². The molecule has 0 saturated carbocycles. The molecule has 2 N–H and O–H groups in total. The number of thiazole rings is 1. The first kappa shape index (κ1) is 15.9. The monoisotopic (exact) mass is 336 g/mol. The van der Waals surface area contributed by atoms with Gasteiger partial charge < -0.3 is 10.2 Å². The van der Waals surface area contributed by atoms with E-state index < -0.39 is 11.6 Å². The van der Waals surface area contributed by atoms with Gasteiger partial charge in [0.25, 0.3) is 11.8 Å². The Labute approximate surface area is 138 Å². The number of imide groups is 1. The highest BCUT2D eigenvalue weighted by Crippen LogP contribution is 2.28. The van der Waals surface area contributed by atoms with Crippen LogP contribution in [-0.4, -0.2) is 46.4 Å². The minimum atomic E-state index is -0.962. The molecule has 2 saturated heterocycles. The van der Waals surface area contributed by atoms with Crippen molar-refractivity contribution < 1.29 is 14.4 Å². The van der Waals surface area contributed by atoms with Gasteiger partial charge in [-0.05, 0) is 26.2 Å². The van der Waals surface area contributed by atoms with Crippen molar-refractivity contribution in [2.24, 2.45) is 0 Å². The number of amides is 4. The number of hydrogen-bond donors (Lipinski definition) is 2. The topological polar surface area (TPSA) is 91.4 Å². The van der Waals surface area contributed by atoms with Crippen LogP contribution in [0.15, 0.2) is 0 Å². The molecule has 4 amide bonds. The van der Waals surface area contributed by atoms with Crippen molar-refractivity contribution in [1.29, 1.82) is 0 Å². The standard InChI is InChI=1S/C15H20N4O3S/c1-3-4-5-10-16-9(2)11(23-10)12(20)19-7-6-15(8-19)13(21)17-14(22)18-15/h3-8H2,1-2H3,(H2,17,18,21,22)/t15-/m0/s1. The minimum Gasteiger partial charge on any atom is -0.335 e. The zero-order valence-corrected chi connectivity index (χ0v) is 14.1. The number of unbranched alkanes of at least 4 members (excludes halogenated alkanes) is 1. The Bertz CT molecular complexity index is 672. The molecule has 0 bridgehead atoms. The van der Waals surface area contributed by atoms with E-state index in [9.17, 15) is 14.4 Å². The number of carbonyl (C=O) groups excluding carboxylic acids is 3. The van der Waals surface area contributed by atoms with Gasteiger partial charge in [0.1, 0.15) is 10.4 Å². The molecule has 1 spiro atoms. The highest BCUT2D eigenvalue weighted by molar-refractivity contribution is 7.13. The molecule has 7 nitrogen and oxygen atoms in total. The molecule has 2 fully saturated rings. The number of aryl methyl sites for hydroxylation is 2. The van der Waals surface area contributed by atoms with E-state index in [1.165, 1.54) is 11.3 Å². The van der Waals surface area contributed by atoms with Crippen molar-refractivity contribution in [2.75, 3.05) is 13.1 Å². The van der Waals surface area contributed by atoms with Gasteiger partial charge in [0.05, 0.1) is 17.2 Å². The second kappa shape index (κ2) is 5.92. The molecular weight excluding hydrogens is 316 g/mol. The van der Waals surface area contributed by atoms with Crippen molar-refractivity contribution >= 4 is 29.2 Å². The van der Waals surface area contributed by atoms with Crippen LogP contribution >= 0.6 is 11.3 Å². The summed E-state index contributed by atoms with van der Waals surface area (Å²) < 4.78 is 0. The van der Waals surface area contributed by atoms with Gasteiger partial charge in [0.15, 0.2) is 0 Å². The lowest BCUT2D eigenvalue weighted by atomic mass is 10.00. The maximum atomic E-state index is 12.7. The van der Waals surface area contributed by atoms with Gasteiger partial charge in [-0.2, -0.15) is 0 Å². The second-order valence-electron chi connectivity index (χ2n) is 6.09. The Hall–Kier alpha value is -1.96. The fraction of sp³-hybridized carbons (Fsp3) is 0.600. The lowest BCUT2D eigenvalue weighted by molar-refractivity contribution is -0.123. The molecule has 23 heavy (non-hydrogen) atoms. The van der Waals surface area contributed by atoms with Crippen LogP contribution in [-0.2, 0) is 11.2 Å². The Morgan fingerprint density at radius 2 is 2.22 bits per heavy atom. The van der Waals surface area contributed by atoms with Crippen LogP contribution < -0.4 is 10.6 Å². The number of urea groups is 1. The average Bonchev–Trinajstić information content (AvgIpc) is 3.16. The van der Waals surface area contributed by atoms with Gasteiger partial charge in [-0.3, -0.25) is 14.9 Å². The molecule has 124 valence electrons. The SMILES string of the molecule is CCCCc1nc(C)c(C(=O)N2CC[C@@]3(C2)NC(=O)NC3=O)s1. The van der Waals surface area contributed by atoms with Crippen LogP contribution in [0.1, 0.15) is 46.6 Å². The zero-order valence-electron chi connectivity index (χ0n) is 13.3. The number of carbonyl (C=O) groups is 3. The Kier molecular flexibility index (Phi) is 4.09. The van der Waals surface area contributed by atoms with E-state index in [-0.39, 0.29) is 18.4 Å². The van der Waals surface area contributed by atoms with E-state index in [1.54, 1.807) is 4.90 Å². The van der Waals surface area contributed by atoms with Gasteiger partial charge in [-0.15, -0.1) is 11.3 Å². The van der Waals surface area contributed by atoms with Crippen molar-refractivity contribution in [3.05, 3.63) is 15.6 Å². The summed E-state index contributed by atoms with van der Waals surface area (Å²) in [6, 6.07) is -0.486. The van der Waals surface area contributed by atoms with E-state index in [0.29, 0.717) is 17.8 Å². The number of rotatable bonds is 4. The van der Waals surface area contributed by atoms with E-state index in [0.717, 1.165) is 30.0 Å². The Balaban J connectivity index is 1.73. The summed E-state index contributed by atoms with van der Waals surface area (Å²) in [5.74, 6) is -0.448. The first-order valence-corrected chi connectivity index (χ1v) is 8.66. The maximum absolute atomic E-state index is 12.7. The molecule has 0 radical (unpaired) electrons. The molecular formula is C15H20N4O3S. The largest absolute Gasteiger partial charge is 0.335 e. The third kappa shape index (κ3) is 2.83. The minimum absolute atomic E-state index is 0.103. The summed E-state index contributed by atoms with van der Waals surface area (Å²) in [4.78, 5) is 42.8. The third-order valence-electron chi connectivity index (χ3n) is 4.35. The summed E-state index contributed by atoms with van der Waals surface area (Å²) in [6.45, 7) is 4.63. The molecule has 0 aromatic carbocycles. The normalized spacial score (nSPS) is 23.5. The molecule has 2 aliphatic heterocycles. The predicted octanol–water partition coefficient (Wildman–Crippen LogP) is 1.22. The average molecular weight is 336 g/mol. The Morgan fingerprint density at radius 1 is 1.43 bits per heavy atom. The van der Waals surface area contributed by atoms with Crippen LogP contribution in [0.2, 0.25) is 0 Å². The van der Waals surface area contributed by atoms with Gasteiger partial charge in [0.2, 0.25) is 0 Å². The van der Waals surface area contributed by atoms with Crippen molar-refractivity contribution in [3.8, 4) is 0 Å². The van der Waals surface area contributed by atoms with E-state index in [4.69, 9.17) is 0 Å². The van der Waals surface area contributed by atoms with Crippen molar-refractivity contribution in [1.82, 2.24) is 20.5 Å². The Morgan fingerprint density at radius 3 is 2.87 bits per heavy atom. The molecule has 2 aliphatic rings. The van der Waals surface area contributed by atoms with E-state index >= 15 is 0 Å². The lowest BCUT2D eigenvalue weighted by Crippen LogP contribution is -2.49. The van der Waals surface area contributed by atoms with Crippen LogP contribution in [0, 0.1) is 6.92 Å². The molecule has 0 aliphatic carbocycles. The molecule has 3 heterocycles. The number of aromatic nitrogens is 1. The number of nitrogens with one attached hydrogen (secondary N) is 2. The predicted molar refractivity (Wildman–Crippen MR) is 85.4 cm³/mol. The molecule has 8 heteroatoms. The maximum Gasteiger partial charge on any atom is 0.322 e. The summed E-state index contributed by atoms with van der Waals surface area (Å²) >= 11 is 1.44. The summed E-state index contributed by atoms with van der Waals surface area (Å²) in [7, 11) is 0. The molecule has 1 aromatic rings. The van der Waals surface area contributed by atoms with Crippen LogP contribution in [0.4, 0.5) is 4.79 Å². The van der Waals surface area contributed by atoms with Gasteiger partial charge in [-0.1, -0.05) is 13.3 Å². The van der Waals surface area contributed by atoms with E-state index in [1.807, 2.05) is 6.92 Å². The summed E-state index contributed by atoms with van der Waals surface area (Å²) in [5, 5.41) is 5.89. The number of likely N-dealkylation sites (tertiary alicyclic amines) is 1. The number of nitrogens with zero attached hydrogens (tertiary/aromatic N) is 2. The molecule has 1 aromatic heterocycles. The summed E-state index contributed by atoms with van der Waals surface area (Å²) in [5.41, 5.74) is -0.219. The fourth-order valence-electron chi connectivity index (χ4n) is 3.03.